The summed E-state index contributed by atoms with van der Waals surface area (Å²) < 4.78 is 5.08. The summed E-state index contributed by atoms with van der Waals surface area (Å²) >= 11 is 0. The lowest BCUT2D eigenvalue weighted by atomic mass is 9.86. The number of nitrogens with zero attached hydrogens (tertiary/aromatic N) is 1. The summed E-state index contributed by atoms with van der Waals surface area (Å²) in [4.78, 5) is 22.8. The highest BCUT2D eigenvalue weighted by molar-refractivity contribution is 5.79. The van der Waals surface area contributed by atoms with Gasteiger partial charge < -0.3 is 4.74 Å². The molecular weight excluding hydrogens is 258 g/mol. The number of benzene rings is 1. The Balaban J connectivity index is 3.38. The van der Waals surface area contributed by atoms with Gasteiger partial charge in [-0.25, -0.2) is 0 Å². The van der Waals surface area contributed by atoms with Crippen molar-refractivity contribution in [2.45, 2.75) is 46.0 Å². The first-order valence-electron chi connectivity index (χ1n) is 6.87. The van der Waals surface area contributed by atoms with Gasteiger partial charge in [-0.3, -0.25) is 14.9 Å². The van der Waals surface area contributed by atoms with E-state index in [4.69, 9.17) is 4.74 Å². The van der Waals surface area contributed by atoms with Crippen LogP contribution in [0.4, 0.5) is 5.69 Å². The molecule has 0 aromatic heterocycles. The van der Waals surface area contributed by atoms with E-state index in [-0.39, 0.29) is 17.6 Å². The third-order valence-corrected chi connectivity index (χ3v) is 3.25. The van der Waals surface area contributed by atoms with E-state index in [9.17, 15) is 14.9 Å². The third kappa shape index (κ3) is 3.35. The van der Waals surface area contributed by atoms with Gasteiger partial charge >= 0.3 is 5.97 Å². The maximum atomic E-state index is 12.0. The largest absolute Gasteiger partial charge is 0.466 e. The molecule has 20 heavy (non-hydrogen) atoms. The Morgan fingerprint density at radius 3 is 2.45 bits per heavy atom. The van der Waals surface area contributed by atoms with E-state index in [0.717, 1.165) is 0 Å². The molecule has 5 nitrogen and oxygen atoms in total. The molecule has 0 aliphatic rings. The van der Waals surface area contributed by atoms with Crippen LogP contribution in [0.25, 0.3) is 0 Å². The number of carbonyl (C=O) groups excluding carboxylic acids is 1. The average molecular weight is 279 g/mol. The molecule has 0 fully saturated rings. The summed E-state index contributed by atoms with van der Waals surface area (Å²) in [5.74, 6) is -0.806. The number of nitro benzene ring substituents is 1. The number of ether oxygens (including phenoxy) is 1. The summed E-state index contributed by atoms with van der Waals surface area (Å²) in [6.07, 6.45) is 0.555. The fourth-order valence-corrected chi connectivity index (χ4v) is 2.42. The first-order chi connectivity index (χ1) is 9.43. The van der Waals surface area contributed by atoms with E-state index in [1.54, 1.807) is 19.1 Å². The van der Waals surface area contributed by atoms with Crippen LogP contribution < -0.4 is 0 Å². The van der Waals surface area contributed by atoms with Gasteiger partial charge in [0.05, 0.1) is 17.4 Å². The average Bonchev–Trinajstić information content (AvgIpc) is 2.39. The van der Waals surface area contributed by atoms with E-state index in [1.165, 1.54) is 6.07 Å². The first kappa shape index (κ1) is 16.1. The Labute approximate surface area is 119 Å². The summed E-state index contributed by atoms with van der Waals surface area (Å²) in [6.45, 7) is 7.72. The zero-order valence-electron chi connectivity index (χ0n) is 12.4. The monoisotopic (exact) mass is 279 g/mol. The van der Waals surface area contributed by atoms with Crippen LogP contribution in [0.1, 0.15) is 57.1 Å². The normalized spacial score (nSPS) is 12.2. The van der Waals surface area contributed by atoms with Crippen molar-refractivity contribution in [3.8, 4) is 0 Å². The molecule has 0 aliphatic carbocycles. The highest BCUT2D eigenvalue weighted by Gasteiger charge is 2.28. The van der Waals surface area contributed by atoms with Gasteiger partial charge in [0.15, 0.2) is 0 Å². The number of esters is 1. The molecule has 0 radical (unpaired) electrons. The van der Waals surface area contributed by atoms with Crippen molar-refractivity contribution >= 4 is 11.7 Å². The minimum absolute atomic E-state index is 0.0323. The van der Waals surface area contributed by atoms with Crippen molar-refractivity contribution in [1.82, 2.24) is 0 Å². The van der Waals surface area contributed by atoms with Gasteiger partial charge in [0.2, 0.25) is 0 Å². The second-order valence-corrected chi connectivity index (χ2v) is 4.90. The van der Waals surface area contributed by atoms with Crippen LogP contribution in [0.5, 0.6) is 0 Å². The second-order valence-electron chi connectivity index (χ2n) is 4.90. The number of carbonyl (C=O) groups is 1. The van der Waals surface area contributed by atoms with Crippen LogP contribution in [0, 0.1) is 10.1 Å². The van der Waals surface area contributed by atoms with E-state index >= 15 is 0 Å². The molecule has 0 saturated heterocycles. The molecule has 0 saturated carbocycles. The van der Waals surface area contributed by atoms with Gasteiger partial charge in [0, 0.05) is 11.6 Å². The lowest BCUT2D eigenvalue weighted by Crippen LogP contribution is -2.18. The van der Waals surface area contributed by atoms with E-state index in [0.29, 0.717) is 24.2 Å². The molecule has 0 bridgehead atoms. The molecule has 0 spiro atoms. The maximum Gasteiger partial charge on any atom is 0.313 e. The molecule has 5 heteroatoms. The van der Waals surface area contributed by atoms with Crippen LogP contribution in [-0.4, -0.2) is 17.5 Å². The highest BCUT2D eigenvalue weighted by atomic mass is 16.6. The quantitative estimate of drug-likeness (QED) is 0.451. The predicted octanol–water partition coefficient (Wildman–Crippen LogP) is 3.77. The third-order valence-electron chi connectivity index (χ3n) is 3.25. The Morgan fingerprint density at radius 1 is 1.35 bits per heavy atom. The Kier molecular flexibility index (Phi) is 5.67. The Morgan fingerprint density at radius 2 is 2.00 bits per heavy atom. The molecular formula is C15H21NO4. The van der Waals surface area contributed by atoms with Crippen LogP contribution >= 0.6 is 0 Å². The molecule has 0 N–H and O–H groups in total. The van der Waals surface area contributed by atoms with Crippen molar-refractivity contribution in [1.29, 1.82) is 0 Å². The standard InChI is InChI=1S/C15H21NO4/c1-5-11(15(17)20-6-2)12-8-7-9-13(16(18)19)14(12)10(3)4/h7-11H,5-6H2,1-4H3. The van der Waals surface area contributed by atoms with Crippen LogP contribution in [0.2, 0.25) is 0 Å². The molecule has 1 rings (SSSR count). The Hall–Kier alpha value is -1.91. The fraction of sp³-hybridized carbons (Fsp3) is 0.533. The lowest BCUT2D eigenvalue weighted by molar-refractivity contribution is -0.385. The topological polar surface area (TPSA) is 69.4 Å². The number of hydrogen-bond donors (Lipinski definition) is 0. The number of hydrogen-bond acceptors (Lipinski definition) is 4. The zero-order chi connectivity index (χ0) is 15.3. The second kappa shape index (κ2) is 7.03. The smallest absolute Gasteiger partial charge is 0.313 e. The van der Waals surface area contributed by atoms with Crippen LogP contribution in [0.3, 0.4) is 0 Å². The van der Waals surface area contributed by atoms with E-state index < -0.39 is 10.8 Å². The predicted molar refractivity (Wildman–Crippen MR) is 76.9 cm³/mol. The molecule has 1 unspecified atom stereocenters. The molecule has 1 aromatic carbocycles. The molecule has 1 atom stereocenters. The van der Waals surface area contributed by atoms with E-state index in [1.807, 2.05) is 20.8 Å². The SMILES string of the molecule is CCOC(=O)C(CC)c1cccc([N+](=O)[O-])c1C(C)C. The molecule has 0 amide bonds. The minimum atomic E-state index is -0.452. The highest BCUT2D eigenvalue weighted by Crippen LogP contribution is 2.35. The van der Waals surface area contributed by atoms with Gasteiger partial charge in [0.25, 0.3) is 5.69 Å². The van der Waals surface area contributed by atoms with Gasteiger partial charge in [-0.05, 0) is 24.8 Å². The molecule has 0 aliphatic heterocycles. The van der Waals surface area contributed by atoms with Crippen LogP contribution in [0.15, 0.2) is 18.2 Å². The van der Waals surface area contributed by atoms with Gasteiger partial charge in [-0.1, -0.05) is 32.9 Å². The van der Waals surface area contributed by atoms with E-state index in [2.05, 4.69) is 0 Å². The van der Waals surface area contributed by atoms with Crippen molar-refractivity contribution < 1.29 is 14.5 Å². The molecule has 1 aromatic rings. The van der Waals surface area contributed by atoms with Gasteiger partial charge in [-0.2, -0.15) is 0 Å². The Bertz CT molecular complexity index is 497. The van der Waals surface area contributed by atoms with Crippen molar-refractivity contribution in [3.63, 3.8) is 0 Å². The fourth-order valence-electron chi connectivity index (χ4n) is 2.42. The summed E-state index contributed by atoms with van der Waals surface area (Å²) in [5.41, 5.74) is 1.40. The molecule has 0 heterocycles. The number of nitro groups is 1. The minimum Gasteiger partial charge on any atom is -0.466 e. The lowest BCUT2D eigenvalue weighted by Gasteiger charge is -2.19. The number of rotatable bonds is 6. The summed E-state index contributed by atoms with van der Waals surface area (Å²) in [6, 6.07) is 4.89. The van der Waals surface area contributed by atoms with Gasteiger partial charge in [0.1, 0.15) is 0 Å². The maximum absolute atomic E-state index is 12.0. The van der Waals surface area contributed by atoms with Crippen LogP contribution in [-0.2, 0) is 9.53 Å². The zero-order valence-corrected chi connectivity index (χ0v) is 12.4. The van der Waals surface area contributed by atoms with Gasteiger partial charge in [-0.15, -0.1) is 0 Å². The van der Waals surface area contributed by atoms with Crippen molar-refractivity contribution in [2.24, 2.45) is 0 Å². The van der Waals surface area contributed by atoms with Crippen molar-refractivity contribution in [2.75, 3.05) is 6.61 Å². The summed E-state index contributed by atoms with van der Waals surface area (Å²) in [7, 11) is 0. The molecule has 110 valence electrons. The first-order valence-corrected chi connectivity index (χ1v) is 6.87. The summed E-state index contributed by atoms with van der Waals surface area (Å²) in [5, 5.41) is 11.2. The van der Waals surface area contributed by atoms with Crippen molar-refractivity contribution in [3.05, 3.63) is 39.4 Å².